The molecule has 1 aromatic rings. The van der Waals surface area contributed by atoms with E-state index >= 15 is 0 Å². The molecule has 0 radical (unpaired) electrons. The summed E-state index contributed by atoms with van der Waals surface area (Å²) in [7, 11) is 3.52. The average Bonchev–Trinajstić information content (AvgIpc) is 2.93. The van der Waals surface area contributed by atoms with Gasteiger partial charge >= 0.3 is 5.69 Å². The fraction of sp³-hybridized carbons (Fsp3) is 0.812. The number of rotatable bonds is 8. The average molecular weight is 356 g/mol. The number of carbonyl (C=O) groups excluding carboxylic acids is 1. The summed E-state index contributed by atoms with van der Waals surface area (Å²) in [4.78, 5) is 26.1. The molecule has 0 aliphatic heterocycles. The molecule has 1 saturated carbocycles. The Morgan fingerprint density at radius 3 is 2.79 bits per heavy atom. The van der Waals surface area contributed by atoms with Crippen LogP contribution in [0.1, 0.15) is 39.0 Å². The normalized spacial score (nSPS) is 21.0. The number of nitrogens with zero attached hydrogens (tertiary/aromatic N) is 3. The van der Waals surface area contributed by atoms with E-state index in [0.717, 1.165) is 25.2 Å². The topological polar surface area (TPSA) is 80.2 Å². The molecule has 1 N–H and O–H groups in total. The fourth-order valence-corrected chi connectivity index (χ4v) is 3.94. The van der Waals surface area contributed by atoms with Crippen LogP contribution in [0.25, 0.3) is 0 Å². The molecular formula is C16H28N4O3S. The van der Waals surface area contributed by atoms with Crippen LogP contribution in [0.2, 0.25) is 0 Å². The predicted octanol–water partition coefficient (Wildman–Crippen LogP) is 1.74. The van der Waals surface area contributed by atoms with Gasteiger partial charge in [0.15, 0.2) is 5.16 Å². The van der Waals surface area contributed by atoms with Gasteiger partial charge in [0, 0.05) is 33.4 Å². The molecule has 0 saturated heterocycles. The molecule has 1 heterocycles. The maximum absolute atomic E-state index is 12.4. The van der Waals surface area contributed by atoms with E-state index in [9.17, 15) is 9.59 Å². The van der Waals surface area contributed by atoms with Gasteiger partial charge < -0.3 is 9.64 Å². The second-order valence-corrected chi connectivity index (χ2v) is 7.46. The van der Waals surface area contributed by atoms with Gasteiger partial charge in [0.05, 0.1) is 5.75 Å². The number of hydrogen-bond acceptors (Lipinski definition) is 5. The number of aromatic amines is 1. The molecule has 1 aliphatic rings. The molecule has 1 aliphatic carbocycles. The Balaban J connectivity index is 1.86. The van der Waals surface area contributed by atoms with Gasteiger partial charge in [-0.15, -0.1) is 5.10 Å². The quantitative estimate of drug-likeness (QED) is 0.567. The highest BCUT2D eigenvalue weighted by atomic mass is 32.2. The highest BCUT2D eigenvalue weighted by Gasteiger charge is 2.25. The third-order valence-electron chi connectivity index (χ3n) is 4.70. The molecule has 0 aromatic carbocycles. The van der Waals surface area contributed by atoms with E-state index < -0.39 is 0 Å². The van der Waals surface area contributed by atoms with Gasteiger partial charge in [-0.3, -0.25) is 9.36 Å². The molecule has 1 fully saturated rings. The number of methoxy groups -OCH3 is 1. The van der Waals surface area contributed by atoms with Crippen LogP contribution in [-0.4, -0.2) is 58.1 Å². The maximum Gasteiger partial charge on any atom is 0.343 e. The van der Waals surface area contributed by atoms with Crippen LogP contribution in [0, 0.1) is 5.92 Å². The van der Waals surface area contributed by atoms with Crippen molar-refractivity contribution in [2.24, 2.45) is 5.92 Å². The van der Waals surface area contributed by atoms with Crippen molar-refractivity contribution >= 4 is 17.7 Å². The zero-order valence-corrected chi connectivity index (χ0v) is 15.6. The van der Waals surface area contributed by atoms with Crippen LogP contribution in [0.4, 0.5) is 0 Å². The Hall–Kier alpha value is -1.28. The van der Waals surface area contributed by atoms with Crippen LogP contribution in [0.5, 0.6) is 0 Å². The van der Waals surface area contributed by atoms with Crippen LogP contribution in [0.15, 0.2) is 9.95 Å². The number of aromatic nitrogens is 3. The third-order valence-corrected chi connectivity index (χ3v) is 5.67. The van der Waals surface area contributed by atoms with Crippen molar-refractivity contribution in [1.29, 1.82) is 0 Å². The third kappa shape index (κ3) is 5.11. The molecule has 136 valence electrons. The lowest BCUT2D eigenvalue weighted by Crippen LogP contribution is -2.40. The first kappa shape index (κ1) is 19.1. The van der Waals surface area contributed by atoms with Crippen molar-refractivity contribution in [3.05, 3.63) is 10.5 Å². The van der Waals surface area contributed by atoms with Crippen molar-refractivity contribution < 1.29 is 9.53 Å². The van der Waals surface area contributed by atoms with Crippen molar-refractivity contribution in [2.75, 3.05) is 26.5 Å². The predicted molar refractivity (Wildman–Crippen MR) is 94.3 cm³/mol. The number of carbonyl (C=O) groups is 1. The summed E-state index contributed by atoms with van der Waals surface area (Å²) in [6, 6.07) is 0.345. The maximum atomic E-state index is 12.4. The molecular weight excluding hydrogens is 328 g/mol. The number of amides is 1. The van der Waals surface area contributed by atoms with E-state index in [2.05, 4.69) is 17.1 Å². The molecule has 1 aromatic heterocycles. The minimum absolute atomic E-state index is 0.0958. The molecule has 0 spiro atoms. The first-order valence-electron chi connectivity index (χ1n) is 8.55. The van der Waals surface area contributed by atoms with E-state index in [4.69, 9.17) is 4.74 Å². The van der Waals surface area contributed by atoms with Gasteiger partial charge in [-0.25, -0.2) is 9.89 Å². The summed E-state index contributed by atoms with van der Waals surface area (Å²) >= 11 is 1.32. The fourth-order valence-electron chi connectivity index (χ4n) is 3.04. The minimum Gasteiger partial charge on any atom is -0.385 e. The lowest BCUT2D eigenvalue weighted by Gasteiger charge is -2.33. The van der Waals surface area contributed by atoms with Gasteiger partial charge in [-0.05, 0) is 38.0 Å². The Labute approximate surface area is 147 Å². The van der Waals surface area contributed by atoms with Gasteiger partial charge in [0.1, 0.15) is 0 Å². The summed E-state index contributed by atoms with van der Waals surface area (Å²) in [6.07, 6.45) is 5.27. The van der Waals surface area contributed by atoms with Gasteiger partial charge in [-0.2, -0.15) is 0 Å². The van der Waals surface area contributed by atoms with E-state index in [1.165, 1.54) is 24.6 Å². The molecule has 7 nitrogen and oxygen atoms in total. The van der Waals surface area contributed by atoms with Crippen LogP contribution in [-0.2, 0) is 16.1 Å². The molecule has 0 unspecified atom stereocenters. The summed E-state index contributed by atoms with van der Waals surface area (Å²) in [6.45, 7) is 3.40. The summed E-state index contributed by atoms with van der Waals surface area (Å²) in [5.74, 6) is 1.17. The Morgan fingerprint density at radius 2 is 2.12 bits per heavy atom. The standard InChI is InChI=1S/C16H28N4O3S/c1-12-5-7-13(8-6-12)19(2)14(21)11-24-16-18-17-15(22)20(16)9-4-10-23-3/h12-13H,4-11H2,1-3H3,(H,17,22). The minimum atomic E-state index is -0.240. The van der Waals surface area contributed by atoms with Gasteiger partial charge in [0.25, 0.3) is 0 Å². The monoisotopic (exact) mass is 356 g/mol. The molecule has 24 heavy (non-hydrogen) atoms. The Morgan fingerprint density at radius 1 is 1.42 bits per heavy atom. The molecule has 8 heteroatoms. The number of nitrogens with one attached hydrogen (secondary N) is 1. The highest BCUT2D eigenvalue weighted by Crippen LogP contribution is 2.27. The lowest BCUT2D eigenvalue weighted by atomic mass is 9.87. The molecule has 1 amide bonds. The lowest BCUT2D eigenvalue weighted by molar-refractivity contribution is -0.129. The Kier molecular flexibility index (Phi) is 7.36. The molecule has 0 bridgehead atoms. The zero-order valence-electron chi connectivity index (χ0n) is 14.8. The van der Waals surface area contributed by atoms with Crippen LogP contribution >= 0.6 is 11.8 Å². The molecule has 2 rings (SSSR count). The summed E-state index contributed by atoms with van der Waals surface area (Å²) < 4.78 is 6.58. The number of hydrogen-bond donors (Lipinski definition) is 1. The molecule has 0 atom stereocenters. The van der Waals surface area contributed by atoms with Crippen LogP contribution in [0.3, 0.4) is 0 Å². The highest BCUT2D eigenvalue weighted by molar-refractivity contribution is 7.99. The SMILES string of the molecule is COCCCn1c(SCC(=O)N(C)C2CCC(C)CC2)n[nH]c1=O. The summed E-state index contributed by atoms with van der Waals surface area (Å²) in [5, 5.41) is 7.05. The zero-order chi connectivity index (χ0) is 17.5. The number of thioether (sulfide) groups is 1. The van der Waals surface area contributed by atoms with Gasteiger partial charge in [-0.1, -0.05) is 18.7 Å². The number of H-pyrrole nitrogens is 1. The van der Waals surface area contributed by atoms with Crippen LogP contribution < -0.4 is 5.69 Å². The second kappa shape index (κ2) is 9.27. The van der Waals surface area contributed by atoms with E-state index in [0.29, 0.717) is 30.1 Å². The van der Waals surface area contributed by atoms with Crippen molar-refractivity contribution in [3.8, 4) is 0 Å². The number of ether oxygens (including phenoxy) is 1. The van der Waals surface area contributed by atoms with Crippen molar-refractivity contribution in [1.82, 2.24) is 19.7 Å². The largest absolute Gasteiger partial charge is 0.385 e. The summed E-state index contributed by atoms with van der Waals surface area (Å²) in [5.41, 5.74) is -0.240. The van der Waals surface area contributed by atoms with Crippen molar-refractivity contribution in [2.45, 2.75) is 56.8 Å². The van der Waals surface area contributed by atoms with E-state index in [1.807, 2.05) is 11.9 Å². The second-order valence-electron chi connectivity index (χ2n) is 6.52. The van der Waals surface area contributed by atoms with E-state index in [1.54, 1.807) is 11.7 Å². The van der Waals surface area contributed by atoms with Crippen molar-refractivity contribution in [3.63, 3.8) is 0 Å². The van der Waals surface area contributed by atoms with Gasteiger partial charge in [0.2, 0.25) is 5.91 Å². The first-order valence-corrected chi connectivity index (χ1v) is 9.54. The first-order chi connectivity index (χ1) is 11.5. The smallest absolute Gasteiger partial charge is 0.343 e. The van der Waals surface area contributed by atoms with E-state index in [-0.39, 0.29) is 11.6 Å². The Bertz CT molecular complexity index is 578.